The summed E-state index contributed by atoms with van der Waals surface area (Å²) in [6, 6.07) is 7.89. The number of aryl methyl sites for hydroxylation is 1. The van der Waals surface area contributed by atoms with E-state index in [0.717, 1.165) is 29.9 Å². The van der Waals surface area contributed by atoms with Crippen LogP contribution in [0.5, 0.6) is 0 Å². The molecule has 0 atom stereocenters. The highest BCUT2D eigenvalue weighted by Crippen LogP contribution is 2.22. The van der Waals surface area contributed by atoms with Crippen LogP contribution in [0.1, 0.15) is 36.9 Å². The van der Waals surface area contributed by atoms with Crippen LogP contribution in [0.15, 0.2) is 28.9 Å². The maximum atomic E-state index is 11.9. The molecule has 112 valence electrons. The Kier molecular flexibility index (Phi) is 4.20. The summed E-state index contributed by atoms with van der Waals surface area (Å²) in [6.07, 6.45) is 5.02. The van der Waals surface area contributed by atoms with Gasteiger partial charge in [0.15, 0.2) is 0 Å². The molecule has 1 aromatic carbocycles. The van der Waals surface area contributed by atoms with Crippen molar-refractivity contribution in [3.63, 3.8) is 0 Å². The van der Waals surface area contributed by atoms with Crippen molar-refractivity contribution < 1.29 is 9.53 Å². The number of benzene rings is 1. The van der Waals surface area contributed by atoms with Gasteiger partial charge in [-0.25, -0.2) is 0 Å². The van der Waals surface area contributed by atoms with Gasteiger partial charge in [-0.05, 0) is 43.8 Å². The zero-order chi connectivity index (χ0) is 14.7. The fourth-order valence-corrected chi connectivity index (χ4v) is 2.95. The van der Waals surface area contributed by atoms with Gasteiger partial charge < -0.3 is 5.21 Å². The first-order valence-corrected chi connectivity index (χ1v) is 7.62. The van der Waals surface area contributed by atoms with E-state index >= 15 is 0 Å². The highest BCUT2D eigenvalue weighted by atomic mass is 16.8. The molecule has 3 rings (SSSR count). The van der Waals surface area contributed by atoms with E-state index in [1.54, 1.807) is 0 Å². The van der Waals surface area contributed by atoms with Crippen molar-refractivity contribution >= 4 is 0 Å². The summed E-state index contributed by atoms with van der Waals surface area (Å²) in [5.74, 6) is 0. The Morgan fingerprint density at radius 2 is 2.00 bits per heavy atom. The Bertz CT molecular complexity index is 601. The van der Waals surface area contributed by atoms with Crippen LogP contribution >= 0.6 is 0 Å². The van der Waals surface area contributed by atoms with E-state index in [0.29, 0.717) is 17.1 Å². The normalized spacial score (nSPS) is 16.8. The lowest BCUT2D eigenvalue weighted by molar-refractivity contribution is -0.793. The molecule has 0 spiro atoms. The molecule has 5 nitrogen and oxygen atoms in total. The maximum Gasteiger partial charge on any atom is 0.240 e. The summed E-state index contributed by atoms with van der Waals surface area (Å²) in [6.45, 7) is 4.83. The molecule has 21 heavy (non-hydrogen) atoms. The van der Waals surface area contributed by atoms with Crippen molar-refractivity contribution in [3.8, 4) is 11.3 Å². The molecule has 1 fully saturated rings. The summed E-state index contributed by atoms with van der Waals surface area (Å²) in [4.78, 5) is 2.89. The Morgan fingerprint density at radius 3 is 2.71 bits per heavy atom. The second-order valence-electron chi connectivity index (χ2n) is 5.79. The quantitative estimate of drug-likeness (QED) is 0.814. The Hall–Kier alpha value is -1.88. The van der Waals surface area contributed by atoms with Crippen LogP contribution in [0.2, 0.25) is 0 Å². The molecule has 0 N–H and O–H groups in total. The molecule has 2 aromatic rings. The lowest BCUT2D eigenvalue weighted by Gasteiger charge is -2.16. The molecular formula is C16H21N3O2. The molecule has 5 heteroatoms. The van der Waals surface area contributed by atoms with Crippen LogP contribution < -0.4 is 4.90 Å². The molecule has 1 aliphatic rings. The van der Waals surface area contributed by atoms with Crippen molar-refractivity contribution in [2.75, 3.05) is 13.1 Å². The SMILES string of the molecule is Cc1cccc(-c2c(CN3CCCCCC3)no[n+]2[O-])c1. The molecule has 0 bridgehead atoms. The van der Waals surface area contributed by atoms with Gasteiger partial charge >= 0.3 is 0 Å². The predicted molar refractivity (Wildman–Crippen MR) is 79.4 cm³/mol. The van der Waals surface area contributed by atoms with E-state index in [-0.39, 0.29) is 0 Å². The van der Waals surface area contributed by atoms with Gasteiger partial charge in [0.1, 0.15) is 0 Å². The van der Waals surface area contributed by atoms with Crippen molar-refractivity contribution in [2.24, 2.45) is 0 Å². The van der Waals surface area contributed by atoms with Crippen molar-refractivity contribution in [1.82, 2.24) is 10.1 Å². The molecule has 1 aromatic heterocycles. The second-order valence-corrected chi connectivity index (χ2v) is 5.79. The monoisotopic (exact) mass is 287 g/mol. The van der Waals surface area contributed by atoms with E-state index in [1.807, 2.05) is 31.2 Å². The van der Waals surface area contributed by atoms with E-state index in [2.05, 4.69) is 10.1 Å². The third kappa shape index (κ3) is 3.24. The molecule has 0 aliphatic carbocycles. The van der Waals surface area contributed by atoms with Crippen LogP contribution in [-0.2, 0) is 6.54 Å². The molecule has 2 heterocycles. The number of hydrogen-bond donors (Lipinski definition) is 0. The average molecular weight is 287 g/mol. The summed E-state index contributed by atoms with van der Waals surface area (Å²) in [5.41, 5.74) is 3.27. The molecule has 0 unspecified atom stereocenters. The van der Waals surface area contributed by atoms with Gasteiger partial charge in [0.25, 0.3) is 0 Å². The summed E-state index contributed by atoms with van der Waals surface area (Å²) >= 11 is 0. The first kappa shape index (κ1) is 14.1. The fourth-order valence-electron chi connectivity index (χ4n) is 2.95. The maximum absolute atomic E-state index is 11.9. The van der Waals surface area contributed by atoms with Crippen molar-refractivity contribution in [1.29, 1.82) is 0 Å². The van der Waals surface area contributed by atoms with Crippen LogP contribution in [0.3, 0.4) is 0 Å². The minimum absolute atomic E-state index is 0.530. The van der Waals surface area contributed by atoms with E-state index < -0.39 is 0 Å². The molecule has 1 aliphatic heterocycles. The summed E-state index contributed by atoms with van der Waals surface area (Å²) in [7, 11) is 0. The number of likely N-dealkylation sites (tertiary alicyclic amines) is 1. The zero-order valence-corrected chi connectivity index (χ0v) is 12.4. The molecule has 0 amide bonds. The zero-order valence-electron chi connectivity index (χ0n) is 12.4. The fraction of sp³-hybridized carbons (Fsp3) is 0.500. The number of nitrogens with zero attached hydrogens (tertiary/aromatic N) is 3. The second kappa shape index (κ2) is 6.26. The summed E-state index contributed by atoms with van der Waals surface area (Å²) < 4.78 is 4.85. The van der Waals surface area contributed by atoms with Crippen LogP contribution in [0.4, 0.5) is 0 Å². The predicted octanol–water partition coefficient (Wildman–Crippen LogP) is 2.66. The third-order valence-corrected chi connectivity index (χ3v) is 4.04. The minimum Gasteiger partial charge on any atom is -0.359 e. The smallest absolute Gasteiger partial charge is 0.240 e. The van der Waals surface area contributed by atoms with Gasteiger partial charge in [-0.1, -0.05) is 36.6 Å². The molecular weight excluding hydrogens is 266 g/mol. The standard InChI is InChI=1S/C16H21N3O2/c1-13-7-6-8-14(11-13)16-15(17-21-19(16)20)12-18-9-4-2-3-5-10-18/h6-8,11H,2-5,9-10,12H2,1H3. The topological polar surface area (TPSA) is 56.2 Å². The van der Waals surface area contributed by atoms with Gasteiger partial charge in [0, 0.05) is 10.7 Å². The first-order valence-electron chi connectivity index (χ1n) is 7.62. The van der Waals surface area contributed by atoms with Gasteiger partial charge in [-0.15, -0.1) is 0 Å². The van der Waals surface area contributed by atoms with Gasteiger partial charge in [-0.3, -0.25) is 9.53 Å². The van der Waals surface area contributed by atoms with Gasteiger partial charge in [0.05, 0.1) is 6.54 Å². The van der Waals surface area contributed by atoms with Gasteiger partial charge in [0.2, 0.25) is 11.4 Å². The molecule has 0 radical (unpaired) electrons. The lowest BCUT2D eigenvalue weighted by atomic mass is 10.1. The first-order chi connectivity index (χ1) is 10.2. The van der Waals surface area contributed by atoms with Crippen molar-refractivity contribution in [2.45, 2.75) is 39.2 Å². The Morgan fingerprint density at radius 1 is 1.24 bits per heavy atom. The highest BCUT2D eigenvalue weighted by Gasteiger charge is 2.23. The third-order valence-electron chi connectivity index (χ3n) is 4.04. The molecule has 0 saturated carbocycles. The Labute approximate surface area is 124 Å². The number of rotatable bonds is 3. The van der Waals surface area contributed by atoms with Crippen LogP contribution in [-0.4, -0.2) is 23.1 Å². The molecule has 1 saturated heterocycles. The van der Waals surface area contributed by atoms with Gasteiger partial charge in [-0.2, -0.15) is 0 Å². The minimum atomic E-state index is 0.530. The van der Waals surface area contributed by atoms with Crippen LogP contribution in [0.25, 0.3) is 11.3 Å². The van der Waals surface area contributed by atoms with E-state index in [1.165, 1.54) is 25.7 Å². The van der Waals surface area contributed by atoms with Crippen molar-refractivity contribution in [3.05, 3.63) is 40.7 Å². The number of aromatic nitrogens is 2. The lowest BCUT2D eigenvalue weighted by Crippen LogP contribution is -2.28. The summed E-state index contributed by atoms with van der Waals surface area (Å²) in [5, 5.41) is 15.9. The highest BCUT2D eigenvalue weighted by molar-refractivity contribution is 5.59. The largest absolute Gasteiger partial charge is 0.359 e. The van der Waals surface area contributed by atoms with E-state index in [9.17, 15) is 5.21 Å². The average Bonchev–Trinajstić information content (AvgIpc) is 2.67. The Balaban J connectivity index is 1.86. The van der Waals surface area contributed by atoms with Crippen LogP contribution in [0, 0.1) is 12.1 Å². The number of hydrogen-bond acceptors (Lipinski definition) is 4. The van der Waals surface area contributed by atoms with E-state index in [4.69, 9.17) is 4.63 Å².